The molecule has 0 unspecified atom stereocenters. The van der Waals surface area contributed by atoms with E-state index < -0.39 is 0 Å². The van der Waals surface area contributed by atoms with Crippen LogP contribution in [0.15, 0.2) is 102 Å². The van der Waals surface area contributed by atoms with E-state index in [1.165, 1.54) is 5.39 Å². The minimum absolute atomic E-state index is 0.713. The van der Waals surface area contributed by atoms with Crippen LogP contribution in [0.25, 0.3) is 10.8 Å². The Morgan fingerprint density at radius 3 is 2.42 bits per heavy atom. The van der Waals surface area contributed by atoms with Crippen LogP contribution in [-0.4, -0.2) is 5.96 Å². The third kappa shape index (κ3) is 3.83. The van der Waals surface area contributed by atoms with E-state index in [0.717, 1.165) is 35.3 Å². The zero-order valence-corrected chi connectivity index (χ0v) is 14.5. The van der Waals surface area contributed by atoms with Gasteiger partial charge in [-0.15, -0.1) is 0 Å². The maximum atomic E-state index is 4.90. The van der Waals surface area contributed by atoms with Crippen molar-refractivity contribution < 1.29 is 0 Å². The maximum absolute atomic E-state index is 4.90. The average molecular weight is 339 g/mol. The fourth-order valence-electron chi connectivity index (χ4n) is 3.01. The Hall–Kier alpha value is -3.33. The predicted octanol–water partition coefficient (Wildman–Crippen LogP) is 5.76. The third-order valence-electron chi connectivity index (χ3n) is 4.29. The standard InChI is InChI=1S/C23H21N3/c1-3-12-19(13-4-1)24-23(25-20-14-5-2-6-15-20)26-22-17-9-11-18-10-7-8-16-21(18)22/h1,3-5,7-17H,2,6H2,(H2,24,25,26). The first-order chi connectivity index (χ1) is 12.9. The molecule has 0 aromatic heterocycles. The van der Waals surface area contributed by atoms with Gasteiger partial charge in [-0.2, -0.15) is 0 Å². The largest absolute Gasteiger partial charge is 0.326 e. The molecular weight excluding hydrogens is 318 g/mol. The van der Waals surface area contributed by atoms with Gasteiger partial charge < -0.3 is 10.6 Å². The van der Waals surface area contributed by atoms with Crippen molar-refractivity contribution in [3.63, 3.8) is 0 Å². The van der Waals surface area contributed by atoms with Crippen molar-refractivity contribution in [1.82, 2.24) is 5.32 Å². The lowest BCUT2D eigenvalue weighted by Crippen LogP contribution is -2.29. The van der Waals surface area contributed by atoms with Crippen LogP contribution in [0.1, 0.15) is 12.8 Å². The number of allylic oxidation sites excluding steroid dienone is 3. The Kier molecular flexibility index (Phi) is 4.79. The average Bonchev–Trinajstić information content (AvgIpc) is 2.70. The molecule has 2 N–H and O–H groups in total. The molecule has 3 nitrogen and oxygen atoms in total. The molecule has 0 fully saturated rings. The van der Waals surface area contributed by atoms with Crippen molar-refractivity contribution in [2.45, 2.75) is 12.8 Å². The molecule has 1 aliphatic rings. The molecule has 0 heterocycles. The van der Waals surface area contributed by atoms with E-state index in [9.17, 15) is 0 Å². The summed E-state index contributed by atoms with van der Waals surface area (Å²) in [4.78, 5) is 4.90. The monoisotopic (exact) mass is 339 g/mol. The van der Waals surface area contributed by atoms with Crippen LogP contribution in [0.3, 0.4) is 0 Å². The van der Waals surface area contributed by atoms with Crippen LogP contribution in [-0.2, 0) is 0 Å². The van der Waals surface area contributed by atoms with Gasteiger partial charge in [-0.05, 0) is 42.5 Å². The fraction of sp³-hybridized carbons (Fsp3) is 0.0870. The van der Waals surface area contributed by atoms with Crippen molar-refractivity contribution in [3.05, 3.63) is 96.7 Å². The number of para-hydroxylation sites is 1. The molecule has 3 heteroatoms. The quantitative estimate of drug-likeness (QED) is 0.470. The smallest absolute Gasteiger partial charge is 0.205 e. The Balaban J connectivity index is 1.72. The summed E-state index contributed by atoms with van der Waals surface area (Å²) >= 11 is 0. The van der Waals surface area contributed by atoms with Gasteiger partial charge in [0.05, 0.1) is 5.69 Å². The van der Waals surface area contributed by atoms with Crippen molar-refractivity contribution >= 4 is 28.1 Å². The van der Waals surface area contributed by atoms with Crippen LogP contribution in [0.4, 0.5) is 11.4 Å². The molecule has 0 aliphatic heterocycles. The Morgan fingerprint density at radius 2 is 1.58 bits per heavy atom. The van der Waals surface area contributed by atoms with Crippen LogP contribution in [0, 0.1) is 0 Å². The summed E-state index contributed by atoms with van der Waals surface area (Å²) in [6.07, 6.45) is 8.62. The molecule has 0 saturated carbocycles. The summed E-state index contributed by atoms with van der Waals surface area (Å²) in [7, 11) is 0. The van der Waals surface area contributed by atoms with E-state index in [0.29, 0.717) is 5.96 Å². The number of fused-ring (bicyclic) bond motifs is 1. The van der Waals surface area contributed by atoms with Gasteiger partial charge in [0.15, 0.2) is 0 Å². The summed E-state index contributed by atoms with van der Waals surface area (Å²) in [6, 6.07) is 24.6. The molecule has 3 aromatic carbocycles. The lowest BCUT2D eigenvalue weighted by Gasteiger charge is -2.15. The first-order valence-electron chi connectivity index (χ1n) is 8.91. The molecule has 128 valence electrons. The second-order valence-electron chi connectivity index (χ2n) is 6.21. The molecule has 0 saturated heterocycles. The third-order valence-corrected chi connectivity index (χ3v) is 4.29. The number of guanidine groups is 1. The molecule has 26 heavy (non-hydrogen) atoms. The highest BCUT2D eigenvalue weighted by Crippen LogP contribution is 2.26. The van der Waals surface area contributed by atoms with Gasteiger partial charge in [-0.25, -0.2) is 4.99 Å². The molecule has 1 aliphatic carbocycles. The van der Waals surface area contributed by atoms with Crippen LogP contribution in [0.2, 0.25) is 0 Å². The minimum atomic E-state index is 0.713. The lowest BCUT2D eigenvalue weighted by atomic mass is 10.1. The number of hydrogen-bond donors (Lipinski definition) is 2. The van der Waals surface area contributed by atoms with Gasteiger partial charge in [0.2, 0.25) is 5.96 Å². The van der Waals surface area contributed by atoms with E-state index >= 15 is 0 Å². The maximum Gasteiger partial charge on any atom is 0.205 e. The van der Waals surface area contributed by atoms with E-state index in [1.807, 2.05) is 48.5 Å². The fourth-order valence-corrected chi connectivity index (χ4v) is 3.01. The van der Waals surface area contributed by atoms with Crippen molar-refractivity contribution in [2.75, 3.05) is 5.32 Å². The Bertz CT molecular complexity index is 979. The topological polar surface area (TPSA) is 36.4 Å². The molecule has 0 radical (unpaired) electrons. The molecule has 0 atom stereocenters. The lowest BCUT2D eigenvalue weighted by molar-refractivity contribution is 0.983. The van der Waals surface area contributed by atoms with Crippen molar-refractivity contribution in [3.8, 4) is 0 Å². The van der Waals surface area contributed by atoms with Gasteiger partial charge in [0.1, 0.15) is 0 Å². The molecule has 0 bridgehead atoms. The SMILES string of the molecule is C1=CC(NC(=Nc2cccc3ccccc23)Nc2ccccc2)=CCC1. The molecule has 3 aromatic rings. The highest BCUT2D eigenvalue weighted by Gasteiger charge is 2.06. The first kappa shape index (κ1) is 16.2. The van der Waals surface area contributed by atoms with Gasteiger partial charge in [0, 0.05) is 16.8 Å². The van der Waals surface area contributed by atoms with E-state index in [4.69, 9.17) is 4.99 Å². The van der Waals surface area contributed by atoms with Gasteiger partial charge in [-0.3, -0.25) is 0 Å². The highest BCUT2D eigenvalue weighted by atomic mass is 15.2. The summed E-state index contributed by atoms with van der Waals surface area (Å²) in [6.45, 7) is 0. The van der Waals surface area contributed by atoms with Crippen molar-refractivity contribution in [1.29, 1.82) is 0 Å². The van der Waals surface area contributed by atoms with Gasteiger partial charge >= 0.3 is 0 Å². The first-order valence-corrected chi connectivity index (χ1v) is 8.91. The Morgan fingerprint density at radius 1 is 0.769 bits per heavy atom. The zero-order chi connectivity index (χ0) is 17.6. The second kappa shape index (κ2) is 7.70. The Labute approximate surface area is 153 Å². The summed E-state index contributed by atoms with van der Waals surface area (Å²) in [5.74, 6) is 0.713. The molecular formula is C23H21N3. The number of nitrogens with zero attached hydrogens (tertiary/aromatic N) is 1. The molecule has 0 amide bonds. The summed E-state index contributed by atoms with van der Waals surface area (Å²) in [5, 5.41) is 9.16. The number of nitrogens with one attached hydrogen (secondary N) is 2. The van der Waals surface area contributed by atoms with Crippen LogP contribution in [0.5, 0.6) is 0 Å². The zero-order valence-electron chi connectivity index (χ0n) is 14.5. The molecule has 0 spiro atoms. The van der Waals surface area contributed by atoms with E-state index in [-0.39, 0.29) is 0 Å². The number of rotatable bonds is 3. The summed E-state index contributed by atoms with van der Waals surface area (Å²) in [5.41, 5.74) is 3.01. The second-order valence-corrected chi connectivity index (χ2v) is 6.21. The van der Waals surface area contributed by atoms with E-state index in [1.54, 1.807) is 0 Å². The number of hydrogen-bond acceptors (Lipinski definition) is 1. The highest BCUT2D eigenvalue weighted by molar-refractivity contribution is 6.00. The van der Waals surface area contributed by atoms with Crippen molar-refractivity contribution in [2.24, 2.45) is 4.99 Å². The van der Waals surface area contributed by atoms with E-state index in [2.05, 4.69) is 53.1 Å². The van der Waals surface area contributed by atoms with Gasteiger partial charge in [-0.1, -0.05) is 66.7 Å². The summed E-state index contributed by atoms with van der Waals surface area (Å²) < 4.78 is 0. The van der Waals surface area contributed by atoms with Gasteiger partial charge in [0.25, 0.3) is 0 Å². The molecule has 4 rings (SSSR count). The minimum Gasteiger partial charge on any atom is -0.326 e. The van der Waals surface area contributed by atoms with Crippen LogP contribution < -0.4 is 10.6 Å². The predicted molar refractivity (Wildman–Crippen MR) is 111 cm³/mol. The normalized spacial score (nSPS) is 14.2. The number of benzene rings is 3. The number of anilines is 1. The number of aliphatic imine (C=N–C) groups is 1. The van der Waals surface area contributed by atoms with Crippen LogP contribution >= 0.6 is 0 Å².